The summed E-state index contributed by atoms with van der Waals surface area (Å²) in [6.07, 6.45) is 6.64. The molecule has 20 heteroatoms. The van der Waals surface area contributed by atoms with E-state index in [0.717, 1.165) is 56.3 Å². The standard InChI is InChI=1S/C45H52F3N11O6/c1-54-40-30(3-2-4-34(40)59(45(54)63)35-9-10-38(60)52-44(35)62)25-15-28(16-25)65-36-11-13-55(21-32(36)46)19-24-5-7-26(8-6-24)58-22-33(39(53-58)41(47)48)50-43(61)31-18-49-57-14-12-37(51-42(31)57)56-20-29-17-27(56)23-64-29/h2-4,12,14,18,22,24-29,32,35-36,41H,5-11,13,15-17,19-21,23H2,1H3,(H,50,61)(H,52,60,62)/t24?,25?,26?,27-,28?,29-,32+,35?,36-/m1/s1. The lowest BCUT2D eigenvalue weighted by atomic mass is 9.76. The lowest BCUT2D eigenvalue weighted by molar-refractivity contribution is -0.135. The minimum absolute atomic E-state index is 0.0424. The lowest BCUT2D eigenvalue weighted by Gasteiger charge is -2.42. The summed E-state index contributed by atoms with van der Waals surface area (Å²) < 4.78 is 62.6. The van der Waals surface area contributed by atoms with E-state index in [1.165, 1.54) is 21.5 Å². The van der Waals surface area contributed by atoms with Gasteiger partial charge in [-0.1, -0.05) is 12.1 Å². The van der Waals surface area contributed by atoms with Crippen molar-refractivity contribution in [3.63, 3.8) is 0 Å². The van der Waals surface area contributed by atoms with Crippen LogP contribution < -0.4 is 21.2 Å². The zero-order valence-corrected chi connectivity index (χ0v) is 36.0. The number of rotatable bonds is 11. The van der Waals surface area contributed by atoms with E-state index in [4.69, 9.17) is 14.5 Å². The van der Waals surface area contributed by atoms with Crippen molar-refractivity contribution in [3.8, 4) is 0 Å². The molecule has 2 N–H and O–H groups in total. The molecule has 17 nitrogen and oxygen atoms in total. The van der Waals surface area contributed by atoms with Gasteiger partial charge in [0.15, 0.2) is 11.3 Å². The molecule has 4 aliphatic heterocycles. The maximum atomic E-state index is 15.7. The highest BCUT2D eigenvalue weighted by atomic mass is 19.3. The molecule has 0 radical (unpaired) electrons. The van der Waals surface area contributed by atoms with Crippen molar-refractivity contribution in [2.45, 2.75) is 119 Å². The number of alkyl halides is 3. The van der Waals surface area contributed by atoms with E-state index in [9.17, 15) is 28.0 Å². The van der Waals surface area contributed by atoms with Gasteiger partial charge in [-0.05, 0) is 87.3 Å². The summed E-state index contributed by atoms with van der Waals surface area (Å²) >= 11 is 0. The third-order valence-electron chi connectivity index (χ3n) is 14.8. The van der Waals surface area contributed by atoms with E-state index in [1.54, 1.807) is 22.5 Å². The predicted molar refractivity (Wildman–Crippen MR) is 230 cm³/mol. The van der Waals surface area contributed by atoms with Crippen molar-refractivity contribution in [2.75, 3.05) is 43.0 Å². The van der Waals surface area contributed by atoms with Crippen LogP contribution in [0.1, 0.15) is 110 Å². The molecule has 4 aromatic heterocycles. The molecule has 1 unspecified atom stereocenters. The molecule has 3 amide bonds. The Morgan fingerprint density at radius 2 is 1.86 bits per heavy atom. The summed E-state index contributed by atoms with van der Waals surface area (Å²) in [5, 5.41) is 13.6. The quantitative estimate of drug-likeness (QED) is 0.174. The second-order valence-electron chi connectivity index (χ2n) is 18.9. The van der Waals surface area contributed by atoms with Crippen molar-refractivity contribution >= 4 is 45.9 Å². The fourth-order valence-electron chi connectivity index (χ4n) is 11.3. The smallest absolute Gasteiger partial charge is 0.329 e. The second kappa shape index (κ2) is 16.7. The number of benzene rings is 1. The van der Waals surface area contributed by atoms with Gasteiger partial charge in [0.05, 0.1) is 59.9 Å². The number of anilines is 2. The largest absolute Gasteiger partial charge is 0.374 e. The Kier molecular flexibility index (Phi) is 10.8. The maximum Gasteiger partial charge on any atom is 0.329 e. The monoisotopic (exact) mass is 899 g/mol. The number of amides is 3. The van der Waals surface area contributed by atoms with Gasteiger partial charge in [-0.25, -0.2) is 27.5 Å². The first kappa shape index (κ1) is 42.1. The summed E-state index contributed by atoms with van der Waals surface area (Å²) in [6, 6.07) is 6.93. The molecule has 5 atom stereocenters. The summed E-state index contributed by atoms with van der Waals surface area (Å²) in [6.45, 7) is 3.10. The molecule has 11 rings (SSSR count). The van der Waals surface area contributed by atoms with Crippen LogP contribution in [0.2, 0.25) is 0 Å². The summed E-state index contributed by atoms with van der Waals surface area (Å²) in [5.41, 5.74) is 2.09. The number of hydrogen-bond acceptors (Lipinski definition) is 11. The first-order valence-electron chi connectivity index (χ1n) is 22.9. The van der Waals surface area contributed by atoms with E-state index in [-0.39, 0.29) is 72.4 Å². The normalized spacial score (nSPS) is 29.6. The molecule has 65 heavy (non-hydrogen) atoms. The molecule has 2 saturated carbocycles. The number of aryl methyl sites for hydroxylation is 1. The average Bonchev–Trinajstić information content (AvgIpc) is 4.13. The van der Waals surface area contributed by atoms with Gasteiger partial charge in [0.2, 0.25) is 11.8 Å². The topological polar surface area (TPSA) is 175 Å². The number of nitrogens with zero attached hydrogens (tertiary/aromatic N) is 9. The van der Waals surface area contributed by atoms with Crippen LogP contribution in [0.4, 0.5) is 24.7 Å². The van der Waals surface area contributed by atoms with Crippen LogP contribution in [0.15, 0.2) is 47.7 Å². The summed E-state index contributed by atoms with van der Waals surface area (Å²) in [4.78, 5) is 60.5. The van der Waals surface area contributed by atoms with Crippen LogP contribution in [0, 0.1) is 5.92 Å². The predicted octanol–water partition coefficient (Wildman–Crippen LogP) is 4.83. The fourth-order valence-corrected chi connectivity index (χ4v) is 11.3. The maximum absolute atomic E-state index is 15.7. The van der Waals surface area contributed by atoms with E-state index >= 15 is 4.39 Å². The Balaban J connectivity index is 0.663. The third-order valence-corrected chi connectivity index (χ3v) is 14.8. The van der Waals surface area contributed by atoms with Gasteiger partial charge in [-0.3, -0.25) is 38.4 Å². The van der Waals surface area contributed by atoms with Gasteiger partial charge in [-0.2, -0.15) is 10.2 Å². The van der Waals surface area contributed by atoms with Crippen LogP contribution in [0.5, 0.6) is 0 Å². The second-order valence-corrected chi connectivity index (χ2v) is 18.9. The number of carbonyl (C=O) groups excluding carboxylic acids is 3. The number of likely N-dealkylation sites (tertiary alicyclic amines) is 1. The SMILES string of the molecule is Cn1c(=O)n(C2CCC(=O)NC2=O)c2cccc(C3CC(O[C@@H]4CCN(CC5CCC(n6cc(NC(=O)c7cnn8ccc(N9C[C@H]%10C[C@@H]9CO%10)nc78)c(C(F)F)n6)CC5)C[C@@H]4F)C3)c21. The third kappa shape index (κ3) is 7.69. The molecular formula is C45H52F3N11O6. The minimum Gasteiger partial charge on any atom is -0.374 e. The number of morpholine rings is 1. The molecule has 6 fully saturated rings. The van der Waals surface area contributed by atoms with Crippen molar-refractivity contribution in [1.29, 1.82) is 0 Å². The first-order valence-corrected chi connectivity index (χ1v) is 22.9. The van der Waals surface area contributed by atoms with Gasteiger partial charge in [-0.15, -0.1) is 0 Å². The van der Waals surface area contributed by atoms with Crippen molar-refractivity contribution in [2.24, 2.45) is 13.0 Å². The minimum atomic E-state index is -2.89. The first-order chi connectivity index (χ1) is 31.4. The molecule has 344 valence electrons. The number of fused-ring (bicyclic) bond motifs is 4. The number of ether oxygens (including phenoxy) is 2. The van der Waals surface area contributed by atoms with Crippen molar-refractivity contribution in [3.05, 3.63) is 70.2 Å². The van der Waals surface area contributed by atoms with Crippen molar-refractivity contribution < 1.29 is 37.0 Å². The number of hydrogen-bond donors (Lipinski definition) is 2. The number of para-hydroxylation sites is 1. The molecule has 1 aromatic carbocycles. The van der Waals surface area contributed by atoms with Gasteiger partial charge in [0.25, 0.3) is 12.3 Å². The molecule has 8 heterocycles. The highest BCUT2D eigenvalue weighted by Gasteiger charge is 2.41. The van der Waals surface area contributed by atoms with Gasteiger partial charge >= 0.3 is 5.69 Å². The summed E-state index contributed by atoms with van der Waals surface area (Å²) in [5.74, 6) is -0.238. The van der Waals surface area contributed by atoms with Gasteiger partial charge in [0.1, 0.15) is 23.6 Å². The lowest BCUT2D eigenvalue weighted by Crippen LogP contribution is -2.49. The highest BCUT2D eigenvalue weighted by molar-refractivity contribution is 6.08. The van der Waals surface area contributed by atoms with Crippen LogP contribution in [-0.2, 0) is 26.1 Å². The summed E-state index contributed by atoms with van der Waals surface area (Å²) in [7, 11) is 1.70. The molecular weight excluding hydrogens is 848 g/mol. The zero-order valence-electron chi connectivity index (χ0n) is 36.0. The molecule has 0 spiro atoms. The molecule has 5 aromatic rings. The fraction of sp³-hybridized carbons (Fsp3) is 0.578. The van der Waals surface area contributed by atoms with E-state index in [2.05, 4.69) is 30.6 Å². The van der Waals surface area contributed by atoms with E-state index in [1.807, 2.05) is 24.3 Å². The number of aromatic nitrogens is 7. The average molecular weight is 900 g/mol. The highest BCUT2D eigenvalue weighted by Crippen LogP contribution is 2.43. The van der Waals surface area contributed by atoms with E-state index < -0.39 is 42.3 Å². The van der Waals surface area contributed by atoms with Crippen molar-refractivity contribution in [1.82, 2.24) is 43.7 Å². The van der Waals surface area contributed by atoms with Crippen LogP contribution in [-0.4, -0.2) is 119 Å². The Bertz CT molecular complexity index is 2720. The Hall–Kier alpha value is -5.60. The zero-order chi connectivity index (χ0) is 44.7. The van der Waals surface area contributed by atoms with Gasteiger partial charge < -0.3 is 19.7 Å². The Morgan fingerprint density at radius 1 is 1.03 bits per heavy atom. The Morgan fingerprint density at radius 3 is 2.60 bits per heavy atom. The van der Waals surface area contributed by atoms with Gasteiger partial charge in [0, 0.05) is 52.0 Å². The Labute approximate surface area is 371 Å². The van der Waals surface area contributed by atoms with Crippen LogP contribution in [0.25, 0.3) is 16.7 Å². The number of piperidine rings is 2. The van der Waals surface area contributed by atoms with Crippen LogP contribution in [0.3, 0.4) is 0 Å². The van der Waals surface area contributed by atoms with Crippen LogP contribution >= 0.6 is 0 Å². The number of carbonyl (C=O) groups is 3. The number of nitrogens with one attached hydrogen (secondary N) is 2. The number of imide groups is 1. The molecule has 4 saturated heterocycles. The number of halogens is 3. The molecule has 2 aliphatic carbocycles. The number of imidazole rings is 1. The van der Waals surface area contributed by atoms with E-state index in [0.29, 0.717) is 55.3 Å². The molecule has 6 aliphatic rings. The molecule has 2 bridgehead atoms.